The first-order chi connectivity index (χ1) is 11.0. The third-order valence-electron chi connectivity index (χ3n) is 5.26. The summed E-state index contributed by atoms with van der Waals surface area (Å²) in [5, 5.41) is 0. The highest BCUT2D eigenvalue weighted by molar-refractivity contribution is 6.00. The minimum absolute atomic E-state index is 0.0289. The zero-order valence-electron chi connectivity index (χ0n) is 14.3. The Labute approximate surface area is 138 Å². The van der Waals surface area contributed by atoms with Gasteiger partial charge in [-0.25, -0.2) is 0 Å². The van der Waals surface area contributed by atoms with E-state index >= 15 is 0 Å². The van der Waals surface area contributed by atoms with E-state index in [0.717, 1.165) is 24.9 Å². The van der Waals surface area contributed by atoms with Gasteiger partial charge in [-0.2, -0.15) is 0 Å². The highest BCUT2D eigenvalue weighted by atomic mass is 16.2. The van der Waals surface area contributed by atoms with E-state index in [1.165, 1.54) is 5.56 Å². The first-order valence-corrected chi connectivity index (χ1v) is 8.71. The van der Waals surface area contributed by atoms with Crippen LogP contribution in [0.1, 0.15) is 51.5 Å². The minimum Gasteiger partial charge on any atom is -0.329 e. The monoisotopic (exact) mass is 314 g/mol. The van der Waals surface area contributed by atoms with Crippen LogP contribution in [0.4, 0.5) is 5.69 Å². The van der Waals surface area contributed by atoms with E-state index in [1.807, 2.05) is 24.0 Å². The van der Waals surface area contributed by atoms with Crippen molar-refractivity contribution in [3.8, 4) is 0 Å². The molecule has 1 saturated carbocycles. The van der Waals surface area contributed by atoms with Crippen LogP contribution in [0.25, 0.3) is 0 Å². The number of benzene rings is 1. The molecule has 1 aromatic carbocycles. The molecule has 4 heteroatoms. The standard InChI is InChI=1S/C19H26N2O2/c1-13(2)15-7-9-17(10-8-15)21-12-11-20(14(3)18(21)22)19(23)16-5-4-6-16/h7-10,13-14,16H,4-6,11-12H2,1-3H3. The summed E-state index contributed by atoms with van der Waals surface area (Å²) in [7, 11) is 0. The zero-order chi connectivity index (χ0) is 16.6. The van der Waals surface area contributed by atoms with E-state index in [2.05, 4.69) is 26.0 Å². The molecule has 1 saturated heterocycles. The Bertz CT molecular complexity index is 590. The molecule has 4 nitrogen and oxygen atoms in total. The van der Waals surface area contributed by atoms with E-state index in [4.69, 9.17) is 0 Å². The van der Waals surface area contributed by atoms with Crippen LogP contribution in [0, 0.1) is 5.92 Å². The van der Waals surface area contributed by atoms with E-state index in [9.17, 15) is 9.59 Å². The maximum atomic E-state index is 12.7. The fourth-order valence-corrected chi connectivity index (χ4v) is 3.36. The number of amides is 2. The molecule has 2 aliphatic rings. The van der Waals surface area contributed by atoms with Crippen molar-refractivity contribution in [3.63, 3.8) is 0 Å². The Hall–Kier alpha value is -1.84. The molecule has 0 radical (unpaired) electrons. The highest BCUT2D eigenvalue weighted by Gasteiger charge is 2.38. The van der Waals surface area contributed by atoms with Crippen molar-refractivity contribution in [1.29, 1.82) is 0 Å². The maximum Gasteiger partial charge on any atom is 0.249 e. The first-order valence-electron chi connectivity index (χ1n) is 8.71. The smallest absolute Gasteiger partial charge is 0.249 e. The molecule has 0 N–H and O–H groups in total. The molecular weight excluding hydrogens is 288 g/mol. The summed E-state index contributed by atoms with van der Waals surface area (Å²) in [5.74, 6) is 0.839. The SMILES string of the molecule is CC(C)c1ccc(N2CCN(C(=O)C3CCC3)C(C)C2=O)cc1. The van der Waals surface area contributed by atoms with Crippen LogP contribution >= 0.6 is 0 Å². The molecular formula is C19H26N2O2. The quantitative estimate of drug-likeness (QED) is 0.860. The third kappa shape index (κ3) is 2.99. The largest absolute Gasteiger partial charge is 0.329 e. The predicted octanol–water partition coefficient (Wildman–Crippen LogP) is 3.17. The molecule has 2 amide bonds. The third-order valence-corrected chi connectivity index (χ3v) is 5.26. The minimum atomic E-state index is -0.360. The normalized spacial score (nSPS) is 22.4. The first kappa shape index (κ1) is 16.0. The summed E-state index contributed by atoms with van der Waals surface area (Å²) in [6.45, 7) is 7.39. The Morgan fingerprint density at radius 2 is 1.78 bits per heavy atom. The second kappa shape index (κ2) is 6.34. The molecule has 1 atom stereocenters. The van der Waals surface area contributed by atoms with Gasteiger partial charge in [0.1, 0.15) is 6.04 Å². The lowest BCUT2D eigenvalue weighted by molar-refractivity contribution is -0.146. The van der Waals surface area contributed by atoms with Crippen LogP contribution in [0.5, 0.6) is 0 Å². The molecule has 1 unspecified atom stereocenters. The molecule has 1 aliphatic carbocycles. The molecule has 1 aliphatic heterocycles. The molecule has 23 heavy (non-hydrogen) atoms. The zero-order valence-corrected chi connectivity index (χ0v) is 14.3. The van der Waals surface area contributed by atoms with Crippen molar-refractivity contribution in [2.75, 3.05) is 18.0 Å². The van der Waals surface area contributed by atoms with Crippen LogP contribution in [0.2, 0.25) is 0 Å². The molecule has 1 aromatic rings. The van der Waals surface area contributed by atoms with Crippen LogP contribution in [0.15, 0.2) is 24.3 Å². The lowest BCUT2D eigenvalue weighted by atomic mass is 9.84. The summed E-state index contributed by atoms with van der Waals surface area (Å²) in [6.07, 6.45) is 3.11. The topological polar surface area (TPSA) is 40.6 Å². The van der Waals surface area contributed by atoms with Crippen molar-refractivity contribution >= 4 is 17.5 Å². The van der Waals surface area contributed by atoms with Crippen molar-refractivity contribution in [2.24, 2.45) is 5.92 Å². The van der Waals surface area contributed by atoms with Gasteiger partial charge in [0.25, 0.3) is 0 Å². The van der Waals surface area contributed by atoms with Gasteiger partial charge in [-0.05, 0) is 43.4 Å². The van der Waals surface area contributed by atoms with Gasteiger partial charge in [-0.15, -0.1) is 0 Å². The molecule has 2 fully saturated rings. The van der Waals surface area contributed by atoms with Gasteiger partial charge in [0.05, 0.1) is 0 Å². The Morgan fingerprint density at radius 3 is 2.30 bits per heavy atom. The van der Waals surface area contributed by atoms with Gasteiger partial charge in [0.15, 0.2) is 0 Å². The molecule has 1 heterocycles. The number of rotatable bonds is 3. The average molecular weight is 314 g/mol. The Kier molecular flexibility index (Phi) is 4.42. The summed E-state index contributed by atoms with van der Waals surface area (Å²) in [4.78, 5) is 28.8. The van der Waals surface area contributed by atoms with E-state index in [1.54, 1.807) is 4.90 Å². The Morgan fingerprint density at radius 1 is 1.13 bits per heavy atom. The van der Waals surface area contributed by atoms with Crippen LogP contribution < -0.4 is 4.90 Å². The molecule has 0 bridgehead atoms. The van der Waals surface area contributed by atoms with E-state index < -0.39 is 0 Å². The van der Waals surface area contributed by atoms with Crippen LogP contribution in [-0.2, 0) is 9.59 Å². The summed E-state index contributed by atoms with van der Waals surface area (Å²) < 4.78 is 0. The van der Waals surface area contributed by atoms with Gasteiger partial charge in [0.2, 0.25) is 11.8 Å². The van der Waals surface area contributed by atoms with Crippen LogP contribution in [0.3, 0.4) is 0 Å². The second-order valence-electron chi connectivity index (χ2n) is 7.07. The molecule has 0 spiro atoms. The van der Waals surface area contributed by atoms with Gasteiger partial charge >= 0.3 is 0 Å². The number of piperazine rings is 1. The van der Waals surface area contributed by atoms with Crippen molar-refractivity contribution in [3.05, 3.63) is 29.8 Å². The summed E-state index contributed by atoms with van der Waals surface area (Å²) in [6, 6.07) is 7.85. The van der Waals surface area contributed by atoms with Crippen molar-refractivity contribution in [1.82, 2.24) is 4.90 Å². The van der Waals surface area contributed by atoms with Gasteiger partial charge in [-0.3, -0.25) is 9.59 Å². The fraction of sp³-hybridized carbons (Fsp3) is 0.579. The number of anilines is 1. The second-order valence-corrected chi connectivity index (χ2v) is 7.07. The van der Waals surface area contributed by atoms with Crippen molar-refractivity contribution in [2.45, 2.75) is 52.0 Å². The number of hydrogen-bond acceptors (Lipinski definition) is 2. The van der Waals surface area contributed by atoms with Gasteiger partial charge in [0, 0.05) is 24.7 Å². The average Bonchev–Trinajstić information content (AvgIpc) is 2.48. The van der Waals surface area contributed by atoms with Gasteiger partial charge in [-0.1, -0.05) is 32.4 Å². The lowest BCUT2D eigenvalue weighted by Crippen LogP contribution is -2.59. The number of carbonyl (C=O) groups is 2. The van der Waals surface area contributed by atoms with E-state index in [-0.39, 0.29) is 23.8 Å². The van der Waals surface area contributed by atoms with Gasteiger partial charge < -0.3 is 9.80 Å². The van der Waals surface area contributed by atoms with Crippen molar-refractivity contribution < 1.29 is 9.59 Å². The number of carbonyl (C=O) groups excluding carboxylic acids is 2. The molecule has 3 rings (SSSR count). The number of hydrogen-bond donors (Lipinski definition) is 0. The molecule has 0 aromatic heterocycles. The summed E-state index contributed by atoms with van der Waals surface area (Å²) in [5.41, 5.74) is 2.20. The predicted molar refractivity (Wildman–Crippen MR) is 91.4 cm³/mol. The summed E-state index contributed by atoms with van der Waals surface area (Å²) >= 11 is 0. The Balaban J connectivity index is 1.71. The highest BCUT2D eigenvalue weighted by Crippen LogP contribution is 2.30. The van der Waals surface area contributed by atoms with Crippen LogP contribution in [-0.4, -0.2) is 35.8 Å². The lowest BCUT2D eigenvalue weighted by Gasteiger charge is -2.41. The maximum absolute atomic E-state index is 12.7. The fourth-order valence-electron chi connectivity index (χ4n) is 3.36. The molecule has 124 valence electrons. The number of nitrogens with zero attached hydrogens (tertiary/aromatic N) is 2. The van der Waals surface area contributed by atoms with E-state index in [0.29, 0.717) is 19.0 Å².